The van der Waals surface area contributed by atoms with Gasteiger partial charge in [0.15, 0.2) is 0 Å². The van der Waals surface area contributed by atoms with E-state index < -0.39 is 12.8 Å². The van der Waals surface area contributed by atoms with Gasteiger partial charge < -0.3 is 4.74 Å². The van der Waals surface area contributed by atoms with Crippen LogP contribution in [0.3, 0.4) is 0 Å². The van der Waals surface area contributed by atoms with Crippen molar-refractivity contribution in [2.75, 3.05) is 0 Å². The Kier molecular flexibility index (Phi) is 3.77. The average Bonchev–Trinajstić information content (AvgIpc) is 2.29. The molecule has 0 aliphatic rings. The summed E-state index contributed by atoms with van der Waals surface area (Å²) in [7, 11) is 0. The first-order valence-corrected chi connectivity index (χ1v) is 5.45. The molecule has 18 heavy (non-hydrogen) atoms. The highest BCUT2D eigenvalue weighted by Gasteiger charge is 2.22. The summed E-state index contributed by atoms with van der Waals surface area (Å²) in [6.07, 6.45) is -6.00. The van der Waals surface area contributed by atoms with Crippen molar-refractivity contribution in [1.29, 1.82) is 0 Å². The fourth-order valence-corrected chi connectivity index (χ4v) is 1.78. The van der Waals surface area contributed by atoms with Gasteiger partial charge in [-0.05, 0) is 23.7 Å². The number of benzene rings is 1. The monoisotopic (exact) mass is 296 g/mol. The molecule has 0 saturated carbocycles. The Labute approximate surface area is 109 Å². The van der Waals surface area contributed by atoms with Crippen LogP contribution >= 0.6 is 23.2 Å². The zero-order chi connectivity index (χ0) is 13.3. The van der Waals surface area contributed by atoms with Crippen LogP contribution in [0.25, 0.3) is 10.9 Å². The highest BCUT2D eigenvalue weighted by atomic mass is 35.5. The number of hydrogen-bond acceptors (Lipinski definition) is 3. The summed E-state index contributed by atoms with van der Waals surface area (Å²) in [4.78, 5) is 7.46. The number of fused-ring (bicyclic) bond motifs is 1. The minimum atomic E-state index is -3.26. The predicted octanol–water partition coefficient (Wildman–Crippen LogP) is 3.88. The van der Waals surface area contributed by atoms with Crippen LogP contribution in [0.5, 0.6) is 5.75 Å². The van der Waals surface area contributed by atoms with E-state index in [4.69, 9.17) is 23.2 Å². The molecule has 0 bridgehead atoms. The molecule has 2 rings (SSSR count). The van der Waals surface area contributed by atoms with Gasteiger partial charge in [-0.2, -0.15) is 4.39 Å². The standard InChI is InChI=1S/C10H5Cl2F3N2O/c11-7-4-2-1-3-5(18-9(15)8(13)14)6(4)16-10(12)17-7/h1-3,8-9H. The summed E-state index contributed by atoms with van der Waals surface area (Å²) in [5.74, 6) is -0.175. The lowest BCUT2D eigenvalue weighted by Gasteiger charge is -2.12. The average molecular weight is 297 g/mol. The summed E-state index contributed by atoms with van der Waals surface area (Å²) in [6, 6.07) is 4.28. The molecule has 0 amide bonds. The van der Waals surface area contributed by atoms with Crippen LogP contribution in [0.15, 0.2) is 18.2 Å². The SMILES string of the molecule is FC(F)C(F)Oc1cccc2c(Cl)nc(Cl)nc12. The fourth-order valence-electron chi connectivity index (χ4n) is 1.33. The molecule has 1 atom stereocenters. The maximum Gasteiger partial charge on any atom is 0.304 e. The zero-order valence-corrected chi connectivity index (χ0v) is 10.1. The van der Waals surface area contributed by atoms with E-state index in [1.807, 2.05) is 0 Å². The molecule has 0 aliphatic heterocycles. The zero-order valence-electron chi connectivity index (χ0n) is 8.58. The van der Waals surface area contributed by atoms with Gasteiger partial charge in [0.2, 0.25) is 5.28 Å². The summed E-state index contributed by atoms with van der Waals surface area (Å²) >= 11 is 11.4. The lowest BCUT2D eigenvalue weighted by atomic mass is 10.2. The molecule has 1 heterocycles. The summed E-state index contributed by atoms with van der Waals surface area (Å²) < 4.78 is 41.5. The third-order valence-electron chi connectivity index (χ3n) is 2.05. The molecule has 0 saturated heterocycles. The Morgan fingerprint density at radius 3 is 2.50 bits per heavy atom. The van der Waals surface area contributed by atoms with Gasteiger partial charge in [-0.3, -0.25) is 0 Å². The van der Waals surface area contributed by atoms with Gasteiger partial charge in [0.05, 0.1) is 0 Å². The lowest BCUT2D eigenvalue weighted by Crippen LogP contribution is -2.19. The number of hydrogen-bond donors (Lipinski definition) is 0. The van der Waals surface area contributed by atoms with E-state index in [0.29, 0.717) is 5.39 Å². The second-order valence-corrected chi connectivity index (χ2v) is 3.94. The van der Waals surface area contributed by atoms with Crippen molar-refractivity contribution in [2.24, 2.45) is 0 Å². The number of nitrogens with zero attached hydrogens (tertiary/aromatic N) is 2. The quantitative estimate of drug-likeness (QED) is 0.637. The fraction of sp³-hybridized carbons (Fsp3) is 0.200. The second-order valence-electron chi connectivity index (χ2n) is 3.24. The van der Waals surface area contributed by atoms with Crippen molar-refractivity contribution in [2.45, 2.75) is 12.8 Å². The highest BCUT2D eigenvalue weighted by molar-refractivity contribution is 6.35. The number of para-hydroxylation sites is 1. The number of halogens is 5. The van der Waals surface area contributed by atoms with Crippen LogP contribution < -0.4 is 4.74 Å². The highest BCUT2D eigenvalue weighted by Crippen LogP contribution is 2.30. The van der Waals surface area contributed by atoms with E-state index in [1.165, 1.54) is 18.2 Å². The Bertz CT molecular complexity index is 582. The van der Waals surface area contributed by atoms with E-state index in [2.05, 4.69) is 14.7 Å². The van der Waals surface area contributed by atoms with Gasteiger partial charge in [-0.25, -0.2) is 18.7 Å². The van der Waals surface area contributed by atoms with Crippen LogP contribution in [0.1, 0.15) is 0 Å². The molecular weight excluding hydrogens is 292 g/mol. The van der Waals surface area contributed by atoms with Crippen molar-refractivity contribution in [3.63, 3.8) is 0 Å². The third-order valence-corrected chi connectivity index (χ3v) is 2.51. The van der Waals surface area contributed by atoms with Gasteiger partial charge in [-0.1, -0.05) is 17.7 Å². The van der Waals surface area contributed by atoms with Gasteiger partial charge in [0.25, 0.3) is 6.36 Å². The maximum atomic E-state index is 12.9. The predicted molar refractivity (Wildman–Crippen MR) is 61.1 cm³/mol. The van der Waals surface area contributed by atoms with Crippen LogP contribution in [0, 0.1) is 0 Å². The van der Waals surface area contributed by atoms with E-state index >= 15 is 0 Å². The largest absolute Gasteiger partial charge is 0.452 e. The third kappa shape index (κ3) is 2.59. The first-order valence-electron chi connectivity index (χ1n) is 4.69. The van der Waals surface area contributed by atoms with Crippen molar-refractivity contribution in [1.82, 2.24) is 9.97 Å². The van der Waals surface area contributed by atoms with E-state index in [-0.39, 0.29) is 21.7 Å². The summed E-state index contributed by atoms with van der Waals surface area (Å²) in [5.41, 5.74) is 0.0748. The van der Waals surface area contributed by atoms with Crippen LogP contribution in [-0.2, 0) is 0 Å². The van der Waals surface area contributed by atoms with Gasteiger partial charge in [0.1, 0.15) is 16.4 Å². The lowest BCUT2D eigenvalue weighted by molar-refractivity contribution is -0.0662. The van der Waals surface area contributed by atoms with Crippen LogP contribution in [0.4, 0.5) is 13.2 Å². The van der Waals surface area contributed by atoms with Crippen LogP contribution in [0.2, 0.25) is 10.4 Å². The Hall–Kier alpha value is -1.27. The number of aromatic nitrogens is 2. The second kappa shape index (κ2) is 5.16. The molecule has 2 aromatic rings. The number of ether oxygens (including phenoxy) is 1. The van der Waals surface area contributed by atoms with Gasteiger partial charge in [-0.15, -0.1) is 0 Å². The van der Waals surface area contributed by atoms with E-state index in [9.17, 15) is 13.2 Å². The minimum Gasteiger partial charge on any atom is -0.452 e. The molecule has 8 heteroatoms. The Morgan fingerprint density at radius 1 is 1.11 bits per heavy atom. The molecule has 1 unspecified atom stereocenters. The minimum absolute atomic E-state index is 0.0305. The molecular formula is C10H5Cl2F3N2O. The molecule has 1 aromatic carbocycles. The van der Waals surface area contributed by atoms with Gasteiger partial charge in [0, 0.05) is 5.39 Å². The van der Waals surface area contributed by atoms with Crippen molar-refractivity contribution >= 4 is 34.1 Å². The van der Waals surface area contributed by atoms with Gasteiger partial charge >= 0.3 is 6.43 Å². The van der Waals surface area contributed by atoms with Crippen molar-refractivity contribution in [3.8, 4) is 5.75 Å². The molecule has 1 aromatic heterocycles. The normalized spacial score (nSPS) is 13.0. The summed E-state index contributed by atoms with van der Waals surface area (Å²) in [6.45, 7) is 0. The first kappa shape index (κ1) is 13.2. The smallest absolute Gasteiger partial charge is 0.304 e. The Balaban J connectivity index is 2.51. The van der Waals surface area contributed by atoms with Crippen LogP contribution in [-0.4, -0.2) is 22.8 Å². The molecule has 0 radical (unpaired) electrons. The first-order chi connectivity index (χ1) is 8.49. The number of alkyl halides is 3. The maximum absolute atomic E-state index is 12.9. The molecule has 0 N–H and O–H groups in total. The van der Waals surface area contributed by atoms with Crippen molar-refractivity contribution < 1.29 is 17.9 Å². The molecule has 0 aliphatic carbocycles. The molecule has 0 fully saturated rings. The van der Waals surface area contributed by atoms with E-state index in [0.717, 1.165) is 0 Å². The number of rotatable bonds is 3. The molecule has 0 spiro atoms. The Morgan fingerprint density at radius 2 is 1.83 bits per heavy atom. The molecule has 96 valence electrons. The summed E-state index contributed by atoms with van der Waals surface area (Å²) in [5, 5.41) is 0.180. The topological polar surface area (TPSA) is 35.0 Å². The van der Waals surface area contributed by atoms with E-state index in [1.54, 1.807) is 0 Å². The van der Waals surface area contributed by atoms with Crippen molar-refractivity contribution in [3.05, 3.63) is 28.6 Å². The molecule has 3 nitrogen and oxygen atoms in total.